The number of nitrogens with one attached hydrogen (secondary N) is 1. The van der Waals surface area contributed by atoms with E-state index in [2.05, 4.69) is 23.3 Å². The third kappa shape index (κ3) is 3.30. The second kappa shape index (κ2) is 6.30. The van der Waals surface area contributed by atoms with Gasteiger partial charge in [0.05, 0.1) is 11.6 Å². The molecule has 2 rings (SSSR count). The quantitative estimate of drug-likeness (QED) is 0.889. The lowest BCUT2D eigenvalue weighted by atomic mass is 10.1. The third-order valence-electron chi connectivity index (χ3n) is 3.35. The van der Waals surface area contributed by atoms with E-state index in [1.807, 2.05) is 19.1 Å². The SMILES string of the molecule is CCOc1ccc(N(C)CC2CCNC2)cc1Cl. The van der Waals surface area contributed by atoms with E-state index in [-0.39, 0.29) is 0 Å². The van der Waals surface area contributed by atoms with Crippen molar-refractivity contribution in [1.29, 1.82) is 0 Å². The predicted octanol–water partition coefficient (Wildman–Crippen LogP) is 2.78. The summed E-state index contributed by atoms with van der Waals surface area (Å²) in [6.45, 7) is 5.93. The molecule has 1 aromatic carbocycles. The second-order valence-electron chi connectivity index (χ2n) is 4.79. The largest absolute Gasteiger partial charge is 0.492 e. The molecule has 0 spiro atoms. The molecular weight excluding hydrogens is 248 g/mol. The lowest BCUT2D eigenvalue weighted by molar-refractivity contribution is 0.340. The van der Waals surface area contributed by atoms with E-state index in [0.29, 0.717) is 11.6 Å². The van der Waals surface area contributed by atoms with Crippen molar-refractivity contribution in [3.8, 4) is 5.75 Å². The first-order chi connectivity index (χ1) is 8.70. The van der Waals surface area contributed by atoms with Crippen LogP contribution in [0.2, 0.25) is 5.02 Å². The molecule has 0 saturated carbocycles. The van der Waals surface area contributed by atoms with Gasteiger partial charge in [0.1, 0.15) is 5.75 Å². The molecule has 100 valence electrons. The van der Waals surface area contributed by atoms with Crippen LogP contribution in [0.1, 0.15) is 13.3 Å². The normalized spacial score (nSPS) is 18.9. The Labute approximate surface area is 114 Å². The van der Waals surface area contributed by atoms with Gasteiger partial charge >= 0.3 is 0 Å². The van der Waals surface area contributed by atoms with Crippen molar-refractivity contribution >= 4 is 17.3 Å². The molecule has 1 heterocycles. The maximum atomic E-state index is 6.20. The summed E-state index contributed by atoms with van der Waals surface area (Å²) in [5, 5.41) is 4.08. The summed E-state index contributed by atoms with van der Waals surface area (Å²) in [6.07, 6.45) is 1.26. The minimum atomic E-state index is 0.642. The summed E-state index contributed by atoms with van der Waals surface area (Å²) >= 11 is 6.20. The molecular formula is C14H21ClN2O. The number of ether oxygens (including phenoxy) is 1. The monoisotopic (exact) mass is 268 g/mol. The molecule has 18 heavy (non-hydrogen) atoms. The van der Waals surface area contributed by atoms with Crippen molar-refractivity contribution < 1.29 is 4.74 Å². The van der Waals surface area contributed by atoms with E-state index in [1.165, 1.54) is 6.42 Å². The smallest absolute Gasteiger partial charge is 0.138 e. The number of anilines is 1. The number of hydrogen-bond donors (Lipinski definition) is 1. The van der Waals surface area contributed by atoms with E-state index in [0.717, 1.165) is 37.0 Å². The fourth-order valence-electron chi connectivity index (χ4n) is 2.36. The maximum absolute atomic E-state index is 6.20. The summed E-state index contributed by atoms with van der Waals surface area (Å²) in [6, 6.07) is 6.00. The number of benzene rings is 1. The second-order valence-corrected chi connectivity index (χ2v) is 5.19. The van der Waals surface area contributed by atoms with Gasteiger partial charge in [0, 0.05) is 19.3 Å². The summed E-state index contributed by atoms with van der Waals surface area (Å²) in [4.78, 5) is 2.26. The average Bonchev–Trinajstić information content (AvgIpc) is 2.84. The van der Waals surface area contributed by atoms with Crippen LogP contribution < -0.4 is 15.0 Å². The summed E-state index contributed by atoms with van der Waals surface area (Å²) in [5.41, 5.74) is 1.15. The Bertz CT molecular complexity index is 391. The van der Waals surface area contributed by atoms with Crippen LogP contribution in [0, 0.1) is 5.92 Å². The Morgan fingerprint density at radius 1 is 1.50 bits per heavy atom. The van der Waals surface area contributed by atoms with Crippen LogP contribution in [0.15, 0.2) is 18.2 Å². The molecule has 1 fully saturated rings. The molecule has 1 unspecified atom stereocenters. The first-order valence-electron chi connectivity index (χ1n) is 6.55. The molecule has 0 aliphatic carbocycles. The van der Waals surface area contributed by atoms with Crippen molar-refractivity contribution in [3.63, 3.8) is 0 Å². The highest BCUT2D eigenvalue weighted by Crippen LogP contribution is 2.29. The van der Waals surface area contributed by atoms with Crippen LogP contribution in [0.3, 0.4) is 0 Å². The molecule has 0 radical (unpaired) electrons. The zero-order valence-corrected chi connectivity index (χ0v) is 11.8. The van der Waals surface area contributed by atoms with Crippen LogP contribution in [-0.2, 0) is 0 Å². The van der Waals surface area contributed by atoms with Crippen LogP contribution in [-0.4, -0.2) is 33.3 Å². The van der Waals surface area contributed by atoms with Gasteiger partial charge in [0.25, 0.3) is 0 Å². The van der Waals surface area contributed by atoms with Crippen molar-refractivity contribution in [2.75, 3.05) is 38.2 Å². The lowest BCUT2D eigenvalue weighted by Crippen LogP contribution is -2.26. The molecule has 3 nitrogen and oxygen atoms in total. The zero-order chi connectivity index (χ0) is 13.0. The standard InChI is InChI=1S/C14H21ClN2O/c1-3-18-14-5-4-12(8-13(14)15)17(2)10-11-6-7-16-9-11/h4-5,8,11,16H,3,6-7,9-10H2,1-2H3. The fraction of sp³-hybridized carbons (Fsp3) is 0.571. The summed E-state index contributed by atoms with van der Waals surface area (Å²) < 4.78 is 5.44. The van der Waals surface area contributed by atoms with E-state index in [1.54, 1.807) is 0 Å². The van der Waals surface area contributed by atoms with Gasteiger partial charge in [-0.25, -0.2) is 0 Å². The van der Waals surface area contributed by atoms with Crippen molar-refractivity contribution in [2.45, 2.75) is 13.3 Å². The number of halogens is 1. The summed E-state index contributed by atoms with van der Waals surface area (Å²) in [7, 11) is 2.12. The zero-order valence-electron chi connectivity index (χ0n) is 11.1. The van der Waals surface area contributed by atoms with Gasteiger partial charge in [-0.3, -0.25) is 0 Å². The Hall–Kier alpha value is -0.930. The Morgan fingerprint density at radius 2 is 2.33 bits per heavy atom. The topological polar surface area (TPSA) is 24.5 Å². The highest BCUT2D eigenvalue weighted by atomic mass is 35.5. The minimum absolute atomic E-state index is 0.642. The van der Waals surface area contributed by atoms with Gasteiger partial charge in [0.15, 0.2) is 0 Å². The molecule has 0 aromatic heterocycles. The lowest BCUT2D eigenvalue weighted by Gasteiger charge is -2.23. The molecule has 0 bridgehead atoms. The van der Waals surface area contributed by atoms with Crippen molar-refractivity contribution in [2.24, 2.45) is 5.92 Å². The van der Waals surface area contributed by atoms with Gasteiger partial charge in [-0.2, -0.15) is 0 Å². The number of rotatable bonds is 5. The minimum Gasteiger partial charge on any atom is -0.492 e. The van der Waals surface area contributed by atoms with Crippen molar-refractivity contribution in [3.05, 3.63) is 23.2 Å². The molecule has 0 amide bonds. The van der Waals surface area contributed by atoms with Crippen LogP contribution >= 0.6 is 11.6 Å². The van der Waals surface area contributed by atoms with Gasteiger partial charge in [-0.1, -0.05) is 11.6 Å². The van der Waals surface area contributed by atoms with Gasteiger partial charge in [0.2, 0.25) is 0 Å². The van der Waals surface area contributed by atoms with Gasteiger partial charge in [-0.05, 0) is 50.6 Å². The first-order valence-corrected chi connectivity index (χ1v) is 6.92. The average molecular weight is 269 g/mol. The predicted molar refractivity (Wildman–Crippen MR) is 76.9 cm³/mol. The highest BCUT2D eigenvalue weighted by Gasteiger charge is 2.17. The molecule has 4 heteroatoms. The molecule has 1 aromatic rings. The Kier molecular flexibility index (Phi) is 4.72. The fourth-order valence-corrected chi connectivity index (χ4v) is 2.59. The molecule has 1 N–H and O–H groups in total. The van der Waals surface area contributed by atoms with Crippen LogP contribution in [0.25, 0.3) is 0 Å². The van der Waals surface area contributed by atoms with E-state index >= 15 is 0 Å². The maximum Gasteiger partial charge on any atom is 0.138 e. The molecule has 1 aliphatic heterocycles. The Morgan fingerprint density at radius 3 is 2.94 bits per heavy atom. The van der Waals surface area contributed by atoms with Crippen LogP contribution in [0.5, 0.6) is 5.75 Å². The first kappa shape index (κ1) is 13.5. The highest BCUT2D eigenvalue weighted by molar-refractivity contribution is 6.32. The van der Waals surface area contributed by atoms with E-state index in [9.17, 15) is 0 Å². The Balaban J connectivity index is 2.01. The van der Waals surface area contributed by atoms with Crippen LogP contribution in [0.4, 0.5) is 5.69 Å². The van der Waals surface area contributed by atoms with Gasteiger partial charge < -0.3 is 15.0 Å². The molecule has 1 atom stereocenters. The number of hydrogen-bond acceptors (Lipinski definition) is 3. The summed E-state index contributed by atoms with van der Waals surface area (Å²) in [5.74, 6) is 1.50. The van der Waals surface area contributed by atoms with Crippen molar-refractivity contribution in [1.82, 2.24) is 5.32 Å². The number of nitrogens with zero attached hydrogens (tertiary/aromatic N) is 1. The van der Waals surface area contributed by atoms with Gasteiger partial charge in [-0.15, -0.1) is 0 Å². The molecule has 1 aliphatic rings. The van der Waals surface area contributed by atoms with E-state index in [4.69, 9.17) is 16.3 Å². The molecule has 1 saturated heterocycles. The van der Waals surface area contributed by atoms with E-state index < -0.39 is 0 Å². The third-order valence-corrected chi connectivity index (χ3v) is 3.65.